The Morgan fingerprint density at radius 3 is 2.47 bits per heavy atom. The Balaban J connectivity index is 1.89. The average Bonchev–Trinajstić information content (AvgIpc) is 2.79. The molecule has 1 heterocycles. The summed E-state index contributed by atoms with van der Waals surface area (Å²) >= 11 is 0. The lowest BCUT2D eigenvalue weighted by Gasteiger charge is -2.31. The van der Waals surface area contributed by atoms with Crippen LogP contribution in [0.4, 0.5) is 11.4 Å². The molecule has 2 aromatic carbocycles. The van der Waals surface area contributed by atoms with Gasteiger partial charge in [-0.25, -0.2) is 0 Å². The minimum Gasteiger partial charge on any atom is -0.496 e. The zero-order valence-electron chi connectivity index (χ0n) is 18.0. The van der Waals surface area contributed by atoms with Gasteiger partial charge in [-0.1, -0.05) is 19.1 Å². The summed E-state index contributed by atoms with van der Waals surface area (Å²) in [4.78, 5) is 28.1. The molecule has 6 nitrogen and oxygen atoms in total. The SMILES string of the molecule is CCC(C)NC(=O)c1cc(NC(=O)c2ccccc2OC)ccc1N1CCCCC1. The number of para-hydroxylation sites is 1. The topological polar surface area (TPSA) is 70.7 Å². The first kappa shape index (κ1) is 21.7. The fourth-order valence-corrected chi connectivity index (χ4v) is 3.64. The maximum Gasteiger partial charge on any atom is 0.259 e. The number of hydrogen-bond acceptors (Lipinski definition) is 4. The lowest BCUT2D eigenvalue weighted by molar-refractivity contribution is 0.0938. The molecule has 0 spiro atoms. The van der Waals surface area contributed by atoms with Crippen LogP contribution < -0.4 is 20.3 Å². The number of carbonyl (C=O) groups is 2. The minimum absolute atomic E-state index is 0.0820. The third kappa shape index (κ3) is 5.12. The van der Waals surface area contributed by atoms with E-state index in [4.69, 9.17) is 4.74 Å². The van der Waals surface area contributed by atoms with Gasteiger partial charge in [0.25, 0.3) is 11.8 Å². The molecule has 1 aliphatic rings. The number of piperidine rings is 1. The number of ether oxygens (including phenoxy) is 1. The molecule has 0 aromatic heterocycles. The van der Waals surface area contributed by atoms with Crippen LogP contribution in [0.2, 0.25) is 0 Å². The van der Waals surface area contributed by atoms with E-state index >= 15 is 0 Å². The van der Waals surface area contributed by atoms with Crippen molar-refractivity contribution in [2.75, 3.05) is 30.4 Å². The van der Waals surface area contributed by atoms with Gasteiger partial charge in [0.2, 0.25) is 0 Å². The van der Waals surface area contributed by atoms with Crippen LogP contribution in [0.3, 0.4) is 0 Å². The Kier molecular flexibility index (Phi) is 7.33. The lowest BCUT2D eigenvalue weighted by Crippen LogP contribution is -2.35. The van der Waals surface area contributed by atoms with Crippen molar-refractivity contribution < 1.29 is 14.3 Å². The van der Waals surface area contributed by atoms with Gasteiger partial charge in [0.05, 0.1) is 18.2 Å². The molecule has 0 saturated carbocycles. The Bertz CT molecular complexity index is 891. The third-order valence-electron chi connectivity index (χ3n) is 5.54. The Labute approximate surface area is 178 Å². The van der Waals surface area contributed by atoms with Gasteiger partial charge in [0.15, 0.2) is 0 Å². The fourth-order valence-electron chi connectivity index (χ4n) is 3.64. The van der Waals surface area contributed by atoms with Crippen LogP contribution in [0.5, 0.6) is 5.75 Å². The molecular weight excluding hydrogens is 378 g/mol. The van der Waals surface area contributed by atoms with Crippen LogP contribution in [-0.2, 0) is 0 Å². The Morgan fingerprint density at radius 1 is 1.03 bits per heavy atom. The number of nitrogens with zero attached hydrogens (tertiary/aromatic N) is 1. The predicted octanol–water partition coefficient (Wildman–Crippen LogP) is 4.47. The molecule has 0 radical (unpaired) electrons. The van der Waals surface area contributed by atoms with E-state index in [1.54, 1.807) is 24.3 Å². The molecule has 30 heavy (non-hydrogen) atoms. The number of hydrogen-bond donors (Lipinski definition) is 2. The van der Waals surface area contributed by atoms with Crippen molar-refractivity contribution in [1.82, 2.24) is 5.32 Å². The molecule has 160 valence electrons. The molecule has 3 rings (SSSR count). The largest absolute Gasteiger partial charge is 0.496 e. The highest BCUT2D eigenvalue weighted by atomic mass is 16.5. The summed E-state index contributed by atoms with van der Waals surface area (Å²) in [7, 11) is 1.54. The zero-order valence-corrected chi connectivity index (χ0v) is 18.0. The maximum absolute atomic E-state index is 13.0. The number of anilines is 2. The molecule has 1 unspecified atom stereocenters. The van der Waals surface area contributed by atoms with Gasteiger partial charge < -0.3 is 20.3 Å². The highest BCUT2D eigenvalue weighted by molar-refractivity contribution is 6.07. The van der Waals surface area contributed by atoms with Crippen molar-refractivity contribution >= 4 is 23.2 Å². The number of carbonyl (C=O) groups excluding carboxylic acids is 2. The standard InChI is InChI=1S/C24H31N3O3/c1-4-17(2)25-24(29)20-16-18(12-13-21(20)27-14-8-5-9-15-27)26-23(28)19-10-6-7-11-22(19)30-3/h6-7,10-13,16-17H,4-5,8-9,14-15H2,1-3H3,(H,25,29)(H,26,28). The number of amides is 2. The Hall–Kier alpha value is -3.02. The van der Waals surface area contributed by atoms with Crippen molar-refractivity contribution in [2.45, 2.75) is 45.6 Å². The molecule has 6 heteroatoms. The highest BCUT2D eigenvalue weighted by Gasteiger charge is 2.21. The summed E-state index contributed by atoms with van der Waals surface area (Å²) in [6.45, 7) is 5.92. The van der Waals surface area contributed by atoms with Crippen molar-refractivity contribution in [2.24, 2.45) is 0 Å². The first-order valence-corrected chi connectivity index (χ1v) is 10.7. The third-order valence-corrected chi connectivity index (χ3v) is 5.54. The molecule has 0 aliphatic carbocycles. The second kappa shape index (κ2) is 10.1. The van der Waals surface area contributed by atoms with Crippen LogP contribution in [-0.4, -0.2) is 38.1 Å². The second-order valence-electron chi connectivity index (χ2n) is 7.72. The number of methoxy groups -OCH3 is 1. The lowest BCUT2D eigenvalue weighted by atomic mass is 10.0. The van der Waals surface area contributed by atoms with Gasteiger partial charge in [-0.3, -0.25) is 9.59 Å². The summed E-state index contributed by atoms with van der Waals surface area (Å²) in [5, 5.41) is 5.97. The molecule has 2 aromatic rings. The summed E-state index contributed by atoms with van der Waals surface area (Å²) < 4.78 is 5.29. The molecular formula is C24H31N3O3. The van der Waals surface area contributed by atoms with Gasteiger partial charge in [-0.05, 0) is 62.9 Å². The van der Waals surface area contributed by atoms with Crippen molar-refractivity contribution in [3.05, 3.63) is 53.6 Å². The van der Waals surface area contributed by atoms with Gasteiger partial charge >= 0.3 is 0 Å². The van der Waals surface area contributed by atoms with Gasteiger partial charge in [0.1, 0.15) is 5.75 Å². The quantitative estimate of drug-likeness (QED) is 0.708. The van der Waals surface area contributed by atoms with E-state index < -0.39 is 0 Å². The molecule has 2 amide bonds. The molecule has 1 atom stereocenters. The van der Waals surface area contributed by atoms with Crippen LogP contribution in [0.15, 0.2) is 42.5 Å². The zero-order chi connectivity index (χ0) is 21.5. The molecule has 0 bridgehead atoms. The molecule has 2 N–H and O–H groups in total. The van der Waals surface area contributed by atoms with Crippen LogP contribution in [0, 0.1) is 0 Å². The molecule has 1 aliphatic heterocycles. The maximum atomic E-state index is 13.0. The minimum atomic E-state index is -0.272. The first-order chi connectivity index (χ1) is 14.5. The summed E-state index contributed by atoms with van der Waals surface area (Å²) in [6, 6.07) is 12.7. The van der Waals surface area contributed by atoms with E-state index in [1.807, 2.05) is 32.0 Å². The fraction of sp³-hybridized carbons (Fsp3) is 0.417. The van der Waals surface area contributed by atoms with E-state index in [1.165, 1.54) is 13.5 Å². The second-order valence-corrected chi connectivity index (χ2v) is 7.72. The van der Waals surface area contributed by atoms with Crippen molar-refractivity contribution in [3.63, 3.8) is 0 Å². The predicted molar refractivity (Wildman–Crippen MR) is 121 cm³/mol. The van der Waals surface area contributed by atoms with Crippen molar-refractivity contribution in [3.8, 4) is 5.75 Å². The van der Waals surface area contributed by atoms with E-state index in [-0.39, 0.29) is 17.9 Å². The summed E-state index contributed by atoms with van der Waals surface area (Å²) in [5.41, 5.74) is 2.55. The highest BCUT2D eigenvalue weighted by Crippen LogP contribution is 2.28. The summed E-state index contributed by atoms with van der Waals surface area (Å²) in [5.74, 6) is 0.124. The van der Waals surface area contributed by atoms with E-state index in [0.717, 1.165) is 38.0 Å². The van der Waals surface area contributed by atoms with Gasteiger partial charge in [0, 0.05) is 30.5 Å². The number of rotatable bonds is 7. The van der Waals surface area contributed by atoms with E-state index in [2.05, 4.69) is 15.5 Å². The van der Waals surface area contributed by atoms with Crippen molar-refractivity contribution in [1.29, 1.82) is 0 Å². The summed E-state index contributed by atoms with van der Waals surface area (Å²) in [6.07, 6.45) is 4.32. The first-order valence-electron chi connectivity index (χ1n) is 10.7. The van der Waals surface area contributed by atoms with E-state index in [0.29, 0.717) is 22.6 Å². The average molecular weight is 410 g/mol. The monoisotopic (exact) mass is 409 g/mol. The van der Waals surface area contributed by atoms with Crippen LogP contribution in [0.1, 0.15) is 60.2 Å². The molecule has 1 saturated heterocycles. The number of nitrogens with one attached hydrogen (secondary N) is 2. The number of benzene rings is 2. The normalized spacial score (nSPS) is 14.7. The molecule has 1 fully saturated rings. The van der Waals surface area contributed by atoms with Crippen LogP contribution >= 0.6 is 0 Å². The van der Waals surface area contributed by atoms with E-state index in [9.17, 15) is 9.59 Å². The van der Waals surface area contributed by atoms with Gasteiger partial charge in [-0.2, -0.15) is 0 Å². The van der Waals surface area contributed by atoms with Crippen LogP contribution in [0.25, 0.3) is 0 Å². The smallest absolute Gasteiger partial charge is 0.259 e. The van der Waals surface area contributed by atoms with Gasteiger partial charge in [-0.15, -0.1) is 0 Å². The Morgan fingerprint density at radius 2 is 1.77 bits per heavy atom.